The minimum atomic E-state index is -0.348. The van der Waals surface area contributed by atoms with E-state index in [0.29, 0.717) is 22.3 Å². The zero-order valence-electron chi connectivity index (χ0n) is 18.1. The van der Waals surface area contributed by atoms with Crippen LogP contribution in [0.5, 0.6) is 0 Å². The van der Waals surface area contributed by atoms with Gasteiger partial charge in [0.25, 0.3) is 11.8 Å². The van der Waals surface area contributed by atoms with E-state index in [0.717, 1.165) is 33.7 Å². The number of nitrogens with zero attached hydrogens (tertiary/aromatic N) is 4. The topological polar surface area (TPSA) is 87.5 Å². The lowest BCUT2D eigenvalue weighted by atomic mass is 9.96. The molecule has 1 N–H and O–H groups in total. The van der Waals surface area contributed by atoms with Crippen LogP contribution in [0.4, 0.5) is 16.2 Å². The van der Waals surface area contributed by atoms with Crippen molar-refractivity contribution in [3.8, 4) is 0 Å². The zero-order chi connectivity index (χ0) is 22.4. The van der Waals surface area contributed by atoms with Crippen LogP contribution in [0.3, 0.4) is 0 Å². The Labute approximate surface area is 189 Å². The summed E-state index contributed by atoms with van der Waals surface area (Å²) in [6, 6.07) is 8.73. The summed E-state index contributed by atoms with van der Waals surface area (Å²) in [5.41, 5.74) is 2.05. The van der Waals surface area contributed by atoms with Crippen LogP contribution in [-0.4, -0.2) is 46.1 Å². The molecule has 0 bridgehead atoms. The maximum atomic E-state index is 12.9. The average Bonchev–Trinajstić information content (AvgIpc) is 3.43. The molecule has 0 spiro atoms. The first-order valence-corrected chi connectivity index (χ1v) is 11.7. The lowest BCUT2D eigenvalue weighted by Gasteiger charge is -2.22. The smallest absolute Gasteiger partial charge is 0.321 e. The molecule has 1 saturated carbocycles. The zero-order valence-corrected chi connectivity index (χ0v) is 18.9. The molecule has 166 valence electrons. The van der Waals surface area contributed by atoms with Gasteiger partial charge in [-0.25, -0.2) is 9.69 Å². The molecular weight excluding hydrogens is 426 g/mol. The number of aromatic nitrogens is 2. The van der Waals surface area contributed by atoms with Crippen LogP contribution >= 0.6 is 11.3 Å². The second kappa shape index (κ2) is 8.05. The SMILES string of the molecule is Cc1nn(C2CCCCC2)c2sc(C(=O)Nc3ccc(N4C(=O)CN(C)C4=O)cc3)cc12. The Bertz CT molecular complexity index is 1210. The van der Waals surface area contributed by atoms with Crippen LogP contribution in [0.1, 0.15) is 53.5 Å². The van der Waals surface area contributed by atoms with Gasteiger partial charge in [-0.1, -0.05) is 19.3 Å². The molecule has 0 radical (unpaired) electrons. The van der Waals surface area contributed by atoms with Crippen molar-refractivity contribution in [3.63, 3.8) is 0 Å². The van der Waals surface area contributed by atoms with Gasteiger partial charge in [-0.2, -0.15) is 5.10 Å². The van der Waals surface area contributed by atoms with E-state index in [1.165, 1.54) is 35.5 Å². The van der Waals surface area contributed by atoms with Crippen molar-refractivity contribution in [3.05, 3.63) is 40.9 Å². The average molecular weight is 452 g/mol. The van der Waals surface area contributed by atoms with Crippen LogP contribution in [0.2, 0.25) is 0 Å². The Morgan fingerprint density at radius 2 is 1.84 bits per heavy atom. The van der Waals surface area contributed by atoms with Crippen LogP contribution in [0.15, 0.2) is 30.3 Å². The van der Waals surface area contributed by atoms with Crippen molar-refractivity contribution in [2.75, 3.05) is 23.8 Å². The highest BCUT2D eigenvalue weighted by atomic mass is 32.1. The summed E-state index contributed by atoms with van der Waals surface area (Å²) >= 11 is 1.48. The quantitative estimate of drug-likeness (QED) is 0.589. The summed E-state index contributed by atoms with van der Waals surface area (Å²) in [6.07, 6.45) is 6.02. The van der Waals surface area contributed by atoms with Gasteiger partial charge < -0.3 is 10.2 Å². The van der Waals surface area contributed by atoms with Crippen LogP contribution in [0.25, 0.3) is 10.2 Å². The number of carbonyl (C=O) groups is 3. The molecule has 4 amide bonds. The number of carbonyl (C=O) groups excluding carboxylic acids is 3. The van der Waals surface area contributed by atoms with E-state index in [4.69, 9.17) is 5.10 Å². The first-order valence-electron chi connectivity index (χ1n) is 10.9. The van der Waals surface area contributed by atoms with Crippen molar-refractivity contribution in [1.29, 1.82) is 0 Å². The Morgan fingerprint density at radius 3 is 2.50 bits per heavy atom. The molecule has 0 atom stereocenters. The molecule has 1 aliphatic carbocycles. The minimum Gasteiger partial charge on any atom is -0.321 e. The largest absolute Gasteiger partial charge is 0.331 e. The lowest BCUT2D eigenvalue weighted by Crippen LogP contribution is -2.31. The maximum absolute atomic E-state index is 12.9. The van der Waals surface area contributed by atoms with Gasteiger partial charge in [-0.15, -0.1) is 11.3 Å². The Hall–Kier alpha value is -3.20. The van der Waals surface area contributed by atoms with Crippen molar-refractivity contribution in [1.82, 2.24) is 14.7 Å². The van der Waals surface area contributed by atoms with Crippen LogP contribution in [0, 0.1) is 6.92 Å². The van der Waals surface area contributed by atoms with Crippen LogP contribution < -0.4 is 10.2 Å². The van der Waals surface area contributed by atoms with Gasteiger partial charge in [0.2, 0.25) is 0 Å². The number of anilines is 2. The summed E-state index contributed by atoms with van der Waals surface area (Å²) in [6.45, 7) is 2.06. The van der Waals surface area contributed by atoms with Gasteiger partial charge in [0.15, 0.2) is 0 Å². The fourth-order valence-electron chi connectivity index (χ4n) is 4.52. The van der Waals surface area contributed by atoms with Crippen molar-refractivity contribution >= 4 is 50.8 Å². The number of urea groups is 1. The number of likely N-dealkylation sites (N-methyl/N-ethyl adjacent to an activating group) is 1. The molecule has 3 aromatic rings. The third-order valence-corrected chi connectivity index (χ3v) is 7.36. The normalized spacial score (nSPS) is 17.6. The van der Waals surface area contributed by atoms with Gasteiger partial charge in [0.05, 0.1) is 22.3 Å². The highest BCUT2D eigenvalue weighted by Crippen LogP contribution is 2.35. The third-order valence-electron chi connectivity index (χ3n) is 6.24. The number of rotatable bonds is 4. The molecule has 3 heterocycles. The van der Waals surface area contributed by atoms with Gasteiger partial charge in [0.1, 0.15) is 11.4 Å². The Morgan fingerprint density at radius 1 is 1.12 bits per heavy atom. The maximum Gasteiger partial charge on any atom is 0.331 e. The summed E-state index contributed by atoms with van der Waals surface area (Å²) in [5, 5.41) is 8.71. The molecule has 0 unspecified atom stereocenters. The summed E-state index contributed by atoms with van der Waals surface area (Å²) < 4.78 is 2.13. The first-order chi connectivity index (χ1) is 15.4. The number of aryl methyl sites for hydroxylation is 1. The minimum absolute atomic E-state index is 0.0704. The molecule has 9 heteroatoms. The van der Waals surface area contributed by atoms with Gasteiger partial charge in [-0.05, 0) is 50.1 Å². The number of hydrogen-bond donors (Lipinski definition) is 1. The molecule has 5 rings (SSSR count). The van der Waals surface area contributed by atoms with Gasteiger partial charge >= 0.3 is 6.03 Å². The van der Waals surface area contributed by atoms with E-state index < -0.39 is 0 Å². The Kier molecular flexibility index (Phi) is 5.21. The number of hydrogen-bond acceptors (Lipinski definition) is 5. The third kappa shape index (κ3) is 3.56. The Balaban J connectivity index is 1.34. The van der Waals surface area contributed by atoms with E-state index >= 15 is 0 Å². The molecule has 2 aromatic heterocycles. The lowest BCUT2D eigenvalue weighted by molar-refractivity contribution is -0.116. The molecule has 32 heavy (non-hydrogen) atoms. The number of fused-ring (bicyclic) bond motifs is 1. The van der Waals surface area contributed by atoms with Crippen LogP contribution in [-0.2, 0) is 4.79 Å². The summed E-state index contributed by atoms with van der Waals surface area (Å²) in [5.74, 6) is -0.441. The number of benzene rings is 1. The van der Waals surface area contributed by atoms with E-state index in [9.17, 15) is 14.4 Å². The standard InChI is InChI=1S/C23H25N5O3S/c1-14-18-12-19(32-22(18)28(25-14)17-6-4-3-5-7-17)21(30)24-15-8-10-16(11-9-15)27-20(29)13-26(2)23(27)31/h8-12,17H,3-7,13H2,1-2H3,(H,24,30). The monoisotopic (exact) mass is 451 g/mol. The second-order valence-corrected chi connectivity index (χ2v) is 9.55. The predicted molar refractivity (Wildman–Crippen MR) is 124 cm³/mol. The fraction of sp³-hybridized carbons (Fsp3) is 0.391. The molecule has 8 nitrogen and oxygen atoms in total. The van der Waals surface area contributed by atoms with Gasteiger partial charge in [-0.3, -0.25) is 14.3 Å². The number of imide groups is 1. The fourth-order valence-corrected chi connectivity index (χ4v) is 5.65. The number of nitrogens with one attached hydrogen (secondary N) is 1. The first kappa shape index (κ1) is 20.7. The molecule has 2 fully saturated rings. The summed E-state index contributed by atoms with van der Waals surface area (Å²) in [4.78, 5) is 41.3. The molecule has 1 saturated heterocycles. The molecule has 1 aromatic carbocycles. The summed E-state index contributed by atoms with van der Waals surface area (Å²) in [7, 11) is 1.59. The van der Waals surface area contributed by atoms with Crippen molar-refractivity contribution in [2.45, 2.75) is 45.1 Å². The van der Waals surface area contributed by atoms with E-state index in [2.05, 4.69) is 10.00 Å². The predicted octanol–water partition coefficient (Wildman–Crippen LogP) is 4.56. The molecule has 1 aliphatic heterocycles. The van der Waals surface area contributed by atoms with E-state index in [1.807, 2.05) is 13.0 Å². The highest BCUT2D eigenvalue weighted by molar-refractivity contribution is 7.20. The molecular formula is C23H25N5O3S. The number of amides is 4. The van der Waals surface area contributed by atoms with E-state index in [1.54, 1.807) is 31.3 Å². The molecule has 2 aliphatic rings. The van der Waals surface area contributed by atoms with E-state index in [-0.39, 0.29) is 24.4 Å². The van der Waals surface area contributed by atoms with Crippen molar-refractivity contribution < 1.29 is 14.4 Å². The second-order valence-electron chi connectivity index (χ2n) is 8.52. The van der Waals surface area contributed by atoms with Crippen molar-refractivity contribution in [2.24, 2.45) is 0 Å². The van der Waals surface area contributed by atoms with Gasteiger partial charge in [0, 0.05) is 18.1 Å². The highest BCUT2D eigenvalue weighted by Gasteiger charge is 2.34. The number of thiophene rings is 1.